The molecule has 28 heavy (non-hydrogen) atoms. The Hall–Kier alpha value is -1.38. The van der Waals surface area contributed by atoms with Crippen LogP contribution < -0.4 is 9.30 Å². The molecule has 0 aromatic carbocycles. The van der Waals surface area contributed by atoms with Gasteiger partial charge in [0, 0.05) is 24.3 Å². The first-order chi connectivity index (χ1) is 13.4. The van der Waals surface area contributed by atoms with Gasteiger partial charge in [0.15, 0.2) is 6.20 Å². The number of rotatable bonds is 2. The summed E-state index contributed by atoms with van der Waals surface area (Å²) in [4.78, 5) is 12.1. The van der Waals surface area contributed by atoms with E-state index < -0.39 is 0 Å². The minimum absolute atomic E-state index is 0.303. The highest BCUT2D eigenvalue weighted by Gasteiger charge is 2.61. The number of carbonyl (C=O) groups is 1. The molecule has 3 nitrogen and oxygen atoms in total. The molecule has 5 rings (SSSR count). The predicted octanol–water partition coefficient (Wildman–Crippen LogP) is 4.87. The second kappa shape index (κ2) is 6.57. The van der Waals surface area contributed by atoms with Gasteiger partial charge in [-0.1, -0.05) is 13.8 Å². The van der Waals surface area contributed by atoms with Crippen molar-refractivity contribution in [3.05, 3.63) is 24.4 Å². The quantitative estimate of drug-likeness (QED) is 0.683. The summed E-state index contributed by atoms with van der Waals surface area (Å²) >= 11 is 0. The van der Waals surface area contributed by atoms with E-state index in [1.165, 1.54) is 38.5 Å². The molecule has 0 N–H and O–H groups in total. The third-order valence-corrected chi connectivity index (χ3v) is 9.67. The third kappa shape index (κ3) is 2.68. The molecule has 0 amide bonds. The Morgan fingerprint density at radius 1 is 1.00 bits per heavy atom. The molecular weight excluding hydrogens is 346 g/mol. The number of ketones is 1. The van der Waals surface area contributed by atoms with Gasteiger partial charge in [0.05, 0.1) is 6.07 Å². The van der Waals surface area contributed by atoms with Crippen LogP contribution in [0.1, 0.15) is 71.6 Å². The SMILES string of the molecule is C[n+]1ccccc1O[C@H]1CC[C@H]2[C@@H]3CC[C@H]4CC(=O)CC[C@]4(C)[C@H]3CC[C@]12C. The predicted molar refractivity (Wildman–Crippen MR) is 109 cm³/mol. The highest BCUT2D eigenvalue weighted by Crippen LogP contribution is 2.66. The molecule has 152 valence electrons. The Bertz CT molecular complexity index is 776. The number of aromatic nitrogens is 1. The van der Waals surface area contributed by atoms with Crippen molar-refractivity contribution >= 4 is 5.78 Å². The van der Waals surface area contributed by atoms with Crippen molar-refractivity contribution < 1.29 is 14.1 Å². The average molecular weight is 383 g/mol. The van der Waals surface area contributed by atoms with Gasteiger partial charge in [0.25, 0.3) is 0 Å². The molecule has 0 bridgehead atoms. The fourth-order valence-electron chi connectivity index (χ4n) is 7.97. The van der Waals surface area contributed by atoms with Gasteiger partial charge in [0.1, 0.15) is 18.9 Å². The lowest BCUT2D eigenvalue weighted by Crippen LogP contribution is -2.54. The number of hydrogen-bond acceptors (Lipinski definition) is 2. The molecule has 7 atom stereocenters. The van der Waals surface area contributed by atoms with E-state index in [9.17, 15) is 4.79 Å². The molecule has 4 fully saturated rings. The molecule has 3 heteroatoms. The van der Waals surface area contributed by atoms with Crippen molar-refractivity contribution in [3.8, 4) is 5.88 Å². The first-order valence-corrected chi connectivity index (χ1v) is 11.5. The average Bonchev–Trinajstić information content (AvgIpc) is 3.01. The summed E-state index contributed by atoms with van der Waals surface area (Å²) in [5.41, 5.74) is 0.709. The minimum Gasteiger partial charge on any atom is -0.440 e. The summed E-state index contributed by atoms with van der Waals surface area (Å²) in [6.45, 7) is 5.06. The summed E-state index contributed by atoms with van der Waals surface area (Å²) in [7, 11) is 2.08. The standard InChI is InChI=1S/C25H36NO2/c1-24-13-11-18(27)16-17(24)7-8-19-20-9-10-22(25(20,2)14-12-21(19)24)28-23-6-4-5-15-26(23)3/h4-6,15,17,19-22H,7-14,16H2,1-3H3/q+1/t17-,19-,20-,21-,22-,24-,25-/m0/s1. The molecule has 1 aromatic heterocycles. The maximum Gasteiger partial charge on any atom is 0.367 e. The molecule has 0 aliphatic heterocycles. The third-order valence-electron chi connectivity index (χ3n) is 9.67. The van der Waals surface area contributed by atoms with Gasteiger partial charge < -0.3 is 4.74 Å². The van der Waals surface area contributed by atoms with Crippen LogP contribution in [-0.4, -0.2) is 11.9 Å². The van der Waals surface area contributed by atoms with Gasteiger partial charge in [-0.05, 0) is 80.1 Å². The Balaban J connectivity index is 1.38. The fraction of sp³-hybridized carbons (Fsp3) is 0.760. The maximum absolute atomic E-state index is 12.1. The van der Waals surface area contributed by atoms with Crippen LogP contribution in [-0.2, 0) is 11.8 Å². The van der Waals surface area contributed by atoms with Crippen LogP contribution in [0.15, 0.2) is 24.4 Å². The van der Waals surface area contributed by atoms with E-state index in [0.717, 1.165) is 42.9 Å². The lowest BCUT2D eigenvalue weighted by atomic mass is 9.45. The zero-order valence-corrected chi connectivity index (χ0v) is 17.8. The van der Waals surface area contributed by atoms with E-state index in [-0.39, 0.29) is 0 Å². The molecule has 0 spiro atoms. The van der Waals surface area contributed by atoms with Gasteiger partial charge in [0.2, 0.25) is 0 Å². The molecule has 4 aliphatic carbocycles. The van der Waals surface area contributed by atoms with Crippen LogP contribution >= 0.6 is 0 Å². The van der Waals surface area contributed by atoms with Crippen molar-refractivity contribution in [2.75, 3.05) is 0 Å². The van der Waals surface area contributed by atoms with Crippen LogP contribution in [0.4, 0.5) is 0 Å². The Morgan fingerprint density at radius 3 is 2.64 bits per heavy atom. The molecule has 4 aliphatic rings. The summed E-state index contributed by atoms with van der Waals surface area (Å²) in [6.07, 6.45) is 13.0. The summed E-state index contributed by atoms with van der Waals surface area (Å²) in [5.74, 6) is 4.62. The molecule has 0 radical (unpaired) electrons. The van der Waals surface area contributed by atoms with Gasteiger partial charge in [-0.15, -0.1) is 0 Å². The number of aryl methyl sites for hydroxylation is 1. The van der Waals surface area contributed by atoms with Crippen molar-refractivity contribution in [1.82, 2.24) is 0 Å². The number of nitrogens with zero attached hydrogens (tertiary/aromatic N) is 1. The lowest BCUT2D eigenvalue weighted by Gasteiger charge is -2.60. The normalized spacial score (nSPS) is 45.1. The van der Waals surface area contributed by atoms with Crippen molar-refractivity contribution in [2.45, 2.75) is 77.7 Å². The number of fused-ring (bicyclic) bond motifs is 5. The Labute approximate surface area is 169 Å². The largest absolute Gasteiger partial charge is 0.440 e. The zero-order chi connectivity index (χ0) is 19.5. The highest BCUT2D eigenvalue weighted by molar-refractivity contribution is 5.79. The van der Waals surface area contributed by atoms with E-state index in [1.807, 2.05) is 0 Å². The van der Waals surface area contributed by atoms with E-state index in [4.69, 9.17) is 4.74 Å². The first-order valence-electron chi connectivity index (χ1n) is 11.5. The fourth-order valence-corrected chi connectivity index (χ4v) is 7.97. The number of carbonyl (C=O) groups excluding carboxylic acids is 1. The van der Waals surface area contributed by atoms with Crippen LogP contribution in [0.3, 0.4) is 0 Å². The minimum atomic E-state index is 0.303. The lowest BCUT2D eigenvalue weighted by molar-refractivity contribution is -0.678. The maximum atomic E-state index is 12.1. The molecule has 1 aromatic rings. The van der Waals surface area contributed by atoms with Crippen LogP contribution in [0.5, 0.6) is 5.88 Å². The number of hydrogen-bond donors (Lipinski definition) is 0. The van der Waals surface area contributed by atoms with Crippen LogP contribution in [0.25, 0.3) is 0 Å². The number of ether oxygens (including phenoxy) is 1. The Kier molecular flexibility index (Phi) is 4.37. The van der Waals surface area contributed by atoms with Crippen LogP contribution in [0, 0.1) is 34.5 Å². The van der Waals surface area contributed by atoms with E-state index in [1.54, 1.807) is 0 Å². The second-order valence-corrected chi connectivity index (χ2v) is 10.8. The van der Waals surface area contributed by atoms with Gasteiger partial charge in [-0.2, -0.15) is 4.57 Å². The zero-order valence-electron chi connectivity index (χ0n) is 17.8. The molecule has 0 saturated heterocycles. The number of pyridine rings is 1. The van der Waals surface area contributed by atoms with Gasteiger partial charge in [-0.25, -0.2) is 0 Å². The van der Waals surface area contributed by atoms with Gasteiger partial charge >= 0.3 is 5.88 Å². The summed E-state index contributed by atoms with van der Waals surface area (Å²) in [6, 6.07) is 6.24. The summed E-state index contributed by atoms with van der Waals surface area (Å²) < 4.78 is 8.73. The molecule has 0 unspecified atom stereocenters. The van der Waals surface area contributed by atoms with E-state index in [0.29, 0.717) is 28.6 Å². The monoisotopic (exact) mass is 382 g/mol. The first kappa shape index (κ1) is 18.6. The second-order valence-electron chi connectivity index (χ2n) is 10.8. The van der Waals surface area contributed by atoms with Crippen molar-refractivity contribution in [1.29, 1.82) is 0 Å². The highest BCUT2D eigenvalue weighted by atomic mass is 16.5. The Morgan fingerprint density at radius 2 is 1.82 bits per heavy atom. The van der Waals surface area contributed by atoms with E-state index in [2.05, 4.69) is 49.9 Å². The van der Waals surface area contributed by atoms with Crippen molar-refractivity contribution in [3.63, 3.8) is 0 Å². The smallest absolute Gasteiger partial charge is 0.367 e. The topological polar surface area (TPSA) is 30.2 Å². The van der Waals surface area contributed by atoms with Gasteiger partial charge in [-0.3, -0.25) is 4.79 Å². The molecular formula is C25H36NO2+. The van der Waals surface area contributed by atoms with Crippen molar-refractivity contribution in [2.24, 2.45) is 41.5 Å². The molecule has 4 saturated carbocycles. The van der Waals surface area contributed by atoms with Crippen LogP contribution in [0.2, 0.25) is 0 Å². The van der Waals surface area contributed by atoms with E-state index >= 15 is 0 Å². The number of Topliss-reactive ketones (excluding diaryl/α,β-unsaturated/α-hetero) is 1. The molecule has 1 heterocycles. The summed E-state index contributed by atoms with van der Waals surface area (Å²) in [5, 5.41) is 0.